The maximum atomic E-state index is 5.77. The molecule has 3 heteroatoms. The highest BCUT2D eigenvalue weighted by molar-refractivity contribution is 9.10. The summed E-state index contributed by atoms with van der Waals surface area (Å²) in [5.74, 6) is 0.762. The van der Waals surface area contributed by atoms with Crippen molar-refractivity contribution in [2.45, 2.75) is 26.4 Å². The highest BCUT2D eigenvalue weighted by atomic mass is 79.9. The van der Waals surface area contributed by atoms with Gasteiger partial charge in [-0.2, -0.15) is 0 Å². The van der Waals surface area contributed by atoms with Crippen molar-refractivity contribution < 1.29 is 4.74 Å². The summed E-state index contributed by atoms with van der Waals surface area (Å²) in [7, 11) is 0. The van der Waals surface area contributed by atoms with Crippen LogP contribution in [0.5, 0.6) is 5.75 Å². The smallest absolute Gasteiger partial charge is 0.142 e. The van der Waals surface area contributed by atoms with E-state index in [0.29, 0.717) is 5.69 Å². The Morgan fingerprint density at radius 1 is 1.54 bits per heavy atom. The van der Waals surface area contributed by atoms with Gasteiger partial charge in [0.05, 0.1) is 11.8 Å². The van der Waals surface area contributed by atoms with Gasteiger partial charge in [0.1, 0.15) is 5.75 Å². The molecule has 0 saturated heterocycles. The minimum atomic E-state index is 0.212. The van der Waals surface area contributed by atoms with Gasteiger partial charge in [0, 0.05) is 4.47 Å². The van der Waals surface area contributed by atoms with E-state index in [4.69, 9.17) is 10.5 Å². The third-order valence-corrected chi connectivity index (χ3v) is 2.37. The van der Waals surface area contributed by atoms with E-state index in [1.165, 1.54) is 0 Å². The van der Waals surface area contributed by atoms with Crippen LogP contribution in [0.2, 0.25) is 0 Å². The van der Waals surface area contributed by atoms with Crippen molar-refractivity contribution in [3.05, 3.63) is 22.7 Å². The molecule has 0 radical (unpaired) electrons. The minimum Gasteiger partial charge on any atom is -0.489 e. The molecule has 0 aliphatic carbocycles. The summed E-state index contributed by atoms with van der Waals surface area (Å²) in [6.07, 6.45) is 1.19. The Kier molecular flexibility index (Phi) is 3.60. The van der Waals surface area contributed by atoms with Gasteiger partial charge in [0.15, 0.2) is 0 Å². The summed E-state index contributed by atoms with van der Waals surface area (Å²) in [6.45, 7) is 4.11. The second-order valence-corrected chi connectivity index (χ2v) is 3.93. The van der Waals surface area contributed by atoms with Crippen LogP contribution in [0.3, 0.4) is 0 Å². The van der Waals surface area contributed by atoms with E-state index in [-0.39, 0.29) is 6.10 Å². The van der Waals surface area contributed by atoms with Crippen molar-refractivity contribution in [1.82, 2.24) is 0 Å². The van der Waals surface area contributed by atoms with Crippen molar-refractivity contribution in [3.8, 4) is 5.75 Å². The first-order chi connectivity index (χ1) is 6.13. The molecule has 0 saturated carbocycles. The molecule has 0 bridgehead atoms. The second-order valence-electron chi connectivity index (χ2n) is 3.02. The SMILES string of the molecule is CCC(C)Oc1ccc(Br)cc1N. The van der Waals surface area contributed by atoms with Crippen molar-refractivity contribution in [3.63, 3.8) is 0 Å². The molecule has 0 aromatic heterocycles. The van der Waals surface area contributed by atoms with Crippen LogP contribution in [0, 0.1) is 0 Å². The van der Waals surface area contributed by atoms with Gasteiger partial charge in [0.25, 0.3) is 0 Å². The summed E-state index contributed by atoms with van der Waals surface area (Å²) in [4.78, 5) is 0. The molecule has 1 rings (SSSR count). The van der Waals surface area contributed by atoms with E-state index in [1.54, 1.807) is 0 Å². The molecule has 2 N–H and O–H groups in total. The molecule has 1 aromatic rings. The molecule has 0 aliphatic rings. The van der Waals surface area contributed by atoms with Crippen molar-refractivity contribution in [2.24, 2.45) is 0 Å². The zero-order valence-electron chi connectivity index (χ0n) is 7.88. The van der Waals surface area contributed by atoms with Crippen LogP contribution < -0.4 is 10.5 Å². The van der Waals surface area contributed by atoms with E-state index in [9.17, 15) is 0 Å². The molecule has 0 amide bonds. The summed E-state index contributed by atoms with van der Waals surface area (Å²) in [5, 5.41) is 0. The van der Waals surface area contributed by atoms with Gasteiger partial charge in [-0.25, -0.2) is 0 Å². The fourth-order valence-corrected chi connectivity index (χ4v) is 1.31. The molecular weight excluding hydrogens is 230 g/mol. The zero-order chi connectivity index (χ0) is 9.84. The molecule has 13 heavy (non-hydrogen) atoms. The highest BCUT2D eigenvalue weighted by Gasteiger charge is 2.04. The average Bonchev–Trinajstić information content (AvgIpc) is 2.09. The average molecular weight is 244 g/mol. The Balaban J connectivity index is 2.77. The van der Waals surface area contributed by atoms with Crippen LogP contribution in [-0.4, -0.2) is 6.10 Å². The Bertz CT molecular complexity index is 288. The molecule has 1 atom stereocenters. The first kappa shape index (κ1) is 10.4. The summed E-state index contributed by atoms with van der Waals surface area (Å²) < 4.78 is 6.58. The lowest BCUT2D eigenvalue weighted by atomic mass is 10.3. The highest BCUT2D eigenvalue weighted by Crippen LogP contribution is 2.26. The fourth-order valence-electron chi connectivity index (χ4n) is 0.927. The minimum absolute atomic E-state index is 0.212. The topological polar surface area (TPSA) is 35.2 Å². The lowest BCUT2D eigenvalue weighted by Crippen LogP contribution is -2.10. The lowest BCUT2D eigenvalue weighted by Gasteiger charge is -2.14. The number of anilines is 1. The number of rotatable bonds is 3. The summed E-state index contributed by atoms with van der Waals surface area (Å²) in [6, 6.07) is 5.65. The van der Waals surface area contributed by atoms with Gasteiger partial charge in [-0.1, -0.05) is 22.9 Å². The quantitative estimate of drug-likeness (QED) is 0.828. The van der Waals surface area contributed by atoms with Crippen LogP contribution in [0.1, 0.15) is 20.3 Å². The number of nitrogen functional groups attached to an aromatic ring is 1. The number of ether oxygens (including phenoxy) is 1. The van der Waals surface area contributed by atoms with E-state index in [2.05, 4.69) is 22.9 Å². The fraction of sp³-hybridized carbons (Fsp3) is 0.400. The van der Waals surface area contributed by atoms with Gasteiger partial charge < -0.3 is 10.5 Å². The van der Waals surface area contributed by atoms with Gasteiger partial charge in [-0.05, 0) is 31.5 Å². The first-order valence-corrected chi connectivity index (χ1v) is 5.14. The van der Waals surface area contributed by atoms with E-state index in [0.717, 1.165) is 16.6 Å². The number of hydrogen-bond acceptors (Lipinski definition) is 2. The number of benzene rings is 1. The molecular formula is C10H14BrNO. The molecule has 0 heterocycles. The largest absolute Gasteiger partial charge is 0.489 e. The van der Waals surface area contributed by atoms with E-state index in [1.807, 2.05) is 25.1 Å². The normalized spacial score (nSPS) is 12.5. The number of halogens is 1. The summed E-state index contributed by atoms with van der Waals surface area (Å²) in [5.41, 5.74) is 6.45. The van der Waals surface area contributed by atoms with Crippen molar-refractivity contribution in [2.75, 3.05) is 5.73 Å². The zero-order valence-corrected chi connectivity index (χ0v) is 9.47. The molecule has 72 valence electrons. The van der Waals surface area contributed by atoms with Crippen LogP contribution in [0.15, 0.2) is 22.7 Å². The number of nitrogens with two attached hydrogens (primary N) is 1. The predicted octanol–water partition coefficient (Wildman–Crippen LogP) is 3.21. The van der Waals surface area contributed by atoms with Gasteiger partial charge in [0.2, 0.25) is 0 Å². The molecule has 1 unspecified atom stereocenters. The standard InChI is InChI=1S/C10H14BrNO/c1-3-7(2)13-10-5-4-8(11)6-9(10)12/h4-7H,3,12H2,1-2H3. The Morgan fingerprint density at radius 2 is 2.23 bits per heavy atom. The third kappa shape index (κ3) is 2.92. The molecule has 0 fully saturated rings. The third-order valence-electron chi connectivity index (χ3n) is 1.87. The van der Waals surface area contributed by atoms with Gasteiger partial charge in [-0.15, -0.1) is 0 Å². The molecule has 2 nitrogen and oxygen atoms in total. The van der Waals surface area contributed by atoms with Crippen LogP contribution in [0.25, 0.3) is 0 Å². The molecule has 0 aliphatic heterocycles. The predicted molar refractivity (Wildman–Crippen MR) is 58.9 cm³/mol. The maximum Gasteiger partial charge on any atom is 0.142 e. The van der Waals surface area contributed by atoms with Crippen molar-refractivity contribution in [1.29, 1.82) is 0 Å². The van der Waals surface area contributed by atoms with Crippen LogP contribution >= 0.6 is 15.9 Å². The number of hydrogen-bond donors (Lipinski definition) is 1. The maximum absolute atomic E-state index is 5.77. The van der Waals surface area contributed by atoms with E-state index < -0.39 is 0 Å². The lowest BCUT2D eigenvalue weighted by molar-refractivity contribution is 0.218. The molecule has 1 aromatic carbocycles. The summed E-state index contributed by atoms with van der Waals surface area (Å²) >= 11 is 3.34. The Hall–Kier alpha value is -0.700. The van der Waals surface area contributed by atoms with Crippen LogP contribution in [0.4, 0.5) is 5.69 Å². The first-order valence-electron chi connectivity index (χ1n) is 4.35. The van der Waals surface area contributed by atoms with E-state index >= 15 is 0 Å². The van der Waals surface area contributed by atoms with Crippen molar-refractivity contribution >= 4 is 21.6 Å². The Morgan fingerprint density at radius 3 is 2.77 bits per heavy atom. The molecule has 0 spiro atoms. The van der Waals surface area contributed by atoms with Gasteiger partial charge in [-0.3, -0.25) is 0 Å². The van der Waals surface area contributed by atoms with Gasteiger partial charge >= 0.3 is 0 Å². The monoisotopic (exact) mass is 243 g/mol. The van der Waals surface area contributed by atoms with Crippen LogP contribution in [-0.2, 0) is 0 Å². The second kappa shape index (κ2) is 4.51. The Labute approximate surface area is 87.2 Å².